The average molecular weight is 385 g/mol. The van der Waals surface area contributed by atoms with Gasteiger partial charge in [-0.25, -0.2) is 8.42 Å². The van der Waals surface area contributed by atoms with Crippen LogP contribution >= 0.6 is 23.5 Å². The van der Waals surface area contributed by atoms with E-state index in [2.05, 4.69) is 13.8 Å². The summed E-state index contributed by atoms with van der Waals surface area (Å²) in [6, 6.07) is 8.66. The van der Waals surface area contributed by atoms with Gasteiger partial charge < -0.3 is 4.74 Å². The molecule has 1 fully saturated rings. The third-order valence-corrected chi connectivity index (χ3v) is 10.3. The monoisotopic (exact) mass is 384 g/mol. The molecular weight excluding hydrogens is 360 g/mol. The van der Waals surface area contributed by atoms with Gasteiger partial charge in [-0.2, -0.15) is 0 Å². The van der Waals surface area contributed by atoms with Crippen molar-refractivity contribution in [1.29, 1.82) is 0 Å². The molecule has 1 aromatic rings. The van der Waals surface area contributed by atoms with E-state index in [1.807, 2.05) is 29.6 Å². The second kappa shape index (κ2) is 6.61. The number of hydrogen-bond donors (Lipinski definition) is 0. The average Bonchev–Trinajstić information content (AvgIpc) is 2.79. The predicted octanol–water partition coefficient (Wildman–Crippen LogP) is 5.05. The summed E-state index contributed by atoms with van der Waals surface area (Å²) < 4.78 is 32.1. The van der Waals surface area contributed by atoms with Gasteiger partial charge in [0.2, 0.25) is 14.1 Å². The quantitative estimate of drug-likeness (QED) is 0.713. The second-order valence-electron chi connectivity index (χ2n) is 6.92. The molecule has 0 N–H and O–H groups in total. The molecule has 1 saturated heterocycles. The highest BCUT2D eigenvalue weighted by Gasteiger charge is 2.54. The van der Waals surface area contributed by atoms with Gasteiger partial charge in [0.1, 0.15) is 5.76 Å². The number of sulfone groups is 1. The SMILES string of the molecule is CC1=C(S(=O)(=O)c2ccccc2)CC(C)(C)C2(O1)SCCCCS2. The van der Waals surface area contributed by atoms with E-state index in [0.717, 1.165) is 11.5 Å². The first-order valence-corrected chi connectivity index (χ1v) is 11.7. The molecule has 3 nitrogen and oxygen atoms in total. The van der Waals surface area contributed by atoms with Crippen molar-refractivity contribution in [2.24, 2.45) is 5.41 Å². The molecule has 0 atom stereocenters. The molecular formula is C18H24O3S3. The zero-order valence-electron chi connectivity index (χ0n) is 14.4. The Morgan fingerprint density at radius 2 is 1.62 bits per heavy atom. The molecule has 1 aromatic carbocycles. The fourth-order valence-electron chi connectivity index (χ4n) is 3.17. The van der Waals surface area contributed by atoms with Crippen molar-refractivity contribution < 1.29 is 13.2 Å². The lowest BCUT2D eigenvalue weighted by atomic mass is 9.87. The molecule has 132 valence electrons. The van der Waals surface area contributed by atoms with E-state index < -0.39 is 9.84 Å². The van der Waals surface area contributed by atoms with Crippen LogP contribution in [0.4, 0.5) is 0 Å². The molecule has 0 aromatic heterocycles. The summed E-state index contributed by atoms with van der Waals surface area (Å²) in [6.07, 6.45) is 2.89. The minimum atomic E-state index is -3.51. The number of allylic oxidation sites excluding steroid dienone is 2. The number of hydrogen-bond acceptors (Lipinski definition) is 5. The van der Waals surface area contributed by atoms with Gasteiger partial charge in [-0.1, -0.05) is 32.0 Å². The van der Waals surface area contributed by atoms with Crippen LogP contribution in [-0.4, -0.2) is 24.2 Å². The highest BCUT2D eigenvalue weighted by atomic mass is 32.2. The largest absolute Gasteiger partial charge is 0.470 e. The van der Waals surface area contributed by atoms with Gasteiger partial charge in [0.15, 0.2) is 0 Å². The van der Waals surface area contributed by atoms with Crippen molar-refractivity contribution in [3.63, 3.8) is 0 Å². The molecule has 2 heterocycles. The Labute approximate surface area is 153 Å². The van der Waals surface area contributed by atoms with E-state index in [1.54, 1.807) is 31.2 Å². The van der Waals surface area contributed by atoms with Gasteiger partial charge in [-0.15, -0.1) is 23.5 Å². The molecule has 2 aliphatic heterocycles. The van der Waals surface area contributed by atoms with Gasteiger partial charge in [0, 0.05) is 5.41 Å². The Balaban J connectivity index is 2.02. The minimum absolute atomic E-state index is 0.261. The molecule has 0 amide bonds. The second-order valence-corrected chi connectivity index (χ2v) is 11.7. The maximum Gasteiger partial charge on any atom is 0.206 e. The van der Waals surface area contributed by atoms with Crippen LogP contribution in [0.5, 0.6) is 0 Å². The zero-order chi connectivity index (χ0) is 17.4. The van der Waals surface area contributed by atoms with Crippen LogP contribution < -0.4 is 0 Å². The zero-order valence-corrected chi connectivity index (χ0v) is 16.8. The number of ether oxygens (including phenoxy) is 1. The van der Waals surface area contributed by atoms with E-state index in [0.29, 0.717) is 22.0 Å². The number of rotatable bonds is 2. The summed E-state index contributed by atoms with van der Waals surface area (Å²) >= 11 is 3.68. The lowest BCUT2D eigenvalue weighted by Crippen LogP contribution is -2.45. The molecule has 24 heavy (non-hydrogen) atoms. The molecule has 1 spiro atoms. The molecule has 0 bridgehead atoms. The van der Waals surface area contributed by atoms with Crippen molar-refractivity contribution >= 4 is 33.4 Å². The fraction of sp³-hybridized carbons (Fsp3) is 0.556. The molecule has 0 unspecified atom stereocenters. The van der Waals surface area contributed by atoms with Crippen LogP contribution in [0.15, 0.2) is 45.9 Å². The van der Waals surface area contributed by atoms with Gasteiger partial charge in [-0.3, -0.25) is 0 Å². The molecule has 0 saturated carbocycles. The summed E-state index contributed by atoms with van der Waals surface area (Å²) in [6.45, 7) is 6.06. The summed E-state index contributed by atoms with van der Waals surface area (Å²) in [5.74, 6) is 2.68. The minimum Gasteiger partial charge on any atom is -0.470 e. The van der Waals surface area contributed by atoms with Crippen LogP contribution in [0.2, 0.25) is 0 Å². The van der Waals surface area contributed by atoms with E-state index in [-0.39, 0.29) is 9.68 Å². The summed E-state index contributed by atoms with van der Waals surface area (Å²) in [4.78, 5) is 0.769. The Kier molecular flexibility index (Phi) is 5.02. The van der Waals surface area contributed by atoms with Crippen LogP contribution in [0.3, 0.4) is 0 Å². The smallest absolute Gasteiger partial charge is 0.206 e. The highest BCUT2D eigenvalue weighted by Crippen LogP contribution is 2.60. The maximum atomic E-state index is 13.1. The first kappa shape index (κ1) is 18.2. The van der Waals surface area contributed by atoms with Crippen molar-refractivity contribution in [2.75, 3.05) is 11.5 Å². The molecule has 6 heteroatoms. The Morgan fingerprint density at radius 1 is 1.04 bits per heavy atom. The highest BCUT2D eigenvalue weighted by molar-refractivity contribution is 8.18. The third kappa shape index (κ3) is 3.13. The summed E-state index contributed by atoms with van der Waals surface area (Å²) in [5, 5.41) is 0. The van der Waals surface area contributed by atoms with E-state index >= 15 is 0 Å². The third-order valence-electron chi connectivity index (χ3n) is 4.61. The summed E-state index contributed by atoms with van der Waals surface area (Å²) in [5.41, 5.74) is -0.261. The fourth-order valence-corrected chi connectivity index (χ4v) is 8.30. The first-order chi connectivity index (χ1) is 11.3. The van der Waals surface area contributed by atoms with Crippen LogP contribution in [0.1, 0.15) is 40.0 Å². The van der Waals surface area contributed by atoms with Crippen molar-refractivity contribution in [3.05, 3.63) is 41.0 Å². The van der Waals surface area contributed by atoms with E-state index in [9.17, 15) is 8.42 Å². The number of benzene rings is 1. The molecule has 0 radical (unpaired) electrons. The van der Waals surface area contributed by atoms with Crippen molar-refractivity contribution in [3.8, 4) is 0 Å². The standard InChI is InChI=1S/C18H24O3S3/c1-14-16(24(19,20)15-9-5-4-6-10-15)13-17(2,3)18(21-14)22-11-7-8-12-23-18/h4-6,9-10H,7-8,11-13H2,1-3H3. The first-order valence-electron chi connectivity index (χ1n) is 8.25. The van der Waals surface area contributed by atoms with Crippen LogP contribution in [-0.2, 0) is 14.6 Å². The van der Waals surface area contributed by atoms with Crippen LogP contribution in [0.25, 0.3) is 0 Å². The Hall–Kier alpha value is -0.590. The maximum absolute atomic E-state index is 13.1. The molecule has 2 aliphatic rings. The Morgan fingerprint density at radius 3 is 2.21 bits per heavy atom. The van der Waals surface area contributed by atoms with Crippen molar-refractivity contribution in [1.82, 2.24) is 0 Å². The van der Waals surface area contributed by atoms with Gasteiger partial charge in [0.25, 0.3) is 0 Å². The van der Waals surface area contributed by atoms with Crippen LogP contribution in [0, 0.1) is 5.41 Å². The lowest BCUT2D eigenvalue weighted by molar-refractivity contribution is 0.0394. The van der Waals surface area contributed by atoms with Gasteiger partial charge >= 0.3 is 0 Å². The van der Waals surface area contributed by atoms with Gasteiger partial charge in [0.05, 0.1) is 9.80 Å². The van der Waals surface area contributed by atoms with E-state index in [1.165, 1.54) is 12.8 Å². The van der Waals surface area contributed by atoms with E-state index in [4.69, 9.17) is 4.74 Å². The Bertz CT molecular complexity index is 728. The predicted molar refractivity (Wildman–Crippen MR) is 103 cm³/mol. The summed E-state index contributed by atoms with van der Waals surface area (Å²) in [7, 11) is -3.51. The molecule has 0 aliphatic carbocycles. The van der Waals surface area contributed by atoms with Gasteiger partial charge in [-0.05, 0) is 49.8 Å². The topological polar surface area (TPSA) is 43.4 Å². The molecule has 3 rings (SSSR count). The number of thioether (sulfide) groups is 2. The van der Waals surface area contributed by atoms with Crippen molar-refractivity contribution in [2.45, 2.75) is 49.2 Å². The lowest BCUT2D eigenvalue weighted by Gasteiger charge is -2.48. The normalized spacial score (nSPS) is 23.6.